The second kappa shape index (κ2) is 9.74. The quantitative estimate of drug-likeness (QED) is 0.351. The summed E-state index contributed by atoms with van der Waals surface area (Å²) in [6.07, 6.45) is -0.401. The molecule has 2 atom stereocenters. The van der Waals surface area contributed by atoms with E-state index in [1.807, 2.05) is 56.3 Å². The number of carbonyl (C=O) groups is 1. The fourth-order valence-electron chi connectivity index (χ4n) is 3.93. The monoisotopic (exact) mass is 427 g/mol. The molecule has 2 aromatic carbocycles. The van der Waals surface area contributed by atoms with Gasteiger partial charge in [-0.25, -0.2) is 4.79 Å². The first-order chi connectivity index (χ1) is 14.5. The Morgan fingerprint density at radius 2 is 1.90 bits per heavy atom. The Hall–Kier alpha value is -2.89. The molecule has 30 heavy (non-hydrogen) atoms. The zero-order valence-electron chi connectivity index (χ0n) is 17.5. The number of piperazine rings is 1. The third-order valence-electron chi connectivity index (χ3n) is 5.35. The highest BCUT2D eigenvalue weighted by Crippen LogP contribution is 2.39. The van der Waals surface area contributed by atoms with Gasteiger partial charge < -0.3 is 14.5 Å². The van der Waals surface area contributed by atoms with Crippen molar-refractivity contribution in [1.82, 2.24) is 4.90 Å². The van der Waals surface area contributed by atoms with Crippen LogP contribution in [-0.4, -0.2) is 43.3 Å². The average molecular weight is 428 g/mol. The van der Waals surface area contributed by atoms with Crippen LogP contribution in [0, 0.1) is 13.8 Å². The zero-order chi connectivity index (χ0) is 21.7. The SMILES string of the molecule is CCOC(=O)N1CCN(c2ccc(C)cc2Cl)C(c2ccc(C)cc2)C1CN=[N+]=[N-]. The van der Waals surface area contributed by atoms with Gasteiger partial charge in [-0.3, -0.25) is 0 Å². The van der Waals surface area contributed by atoms with E-state index in [0.717, 1.165) is 22.4 Å². The number of nitrogens with zero attached hydrogens (tertiary/aromatic N) is 5. The number of ether oxygens (including phenoxy) is 1. The van der Waals surface area contributed by atoms with E-state index in [-0.39, 0.29) is 19.2 Å². The van der Waals surface area contributed by atoms with Gasteiger partial charge in [0.15, 0.2) is 0 Å². The van der Waals surface area contributed by atoms with Gasteiger partial charge in [0.05, 0.1) is 29.4 Å². The fraction of sp³-hybridized carbons (Fsp3) is 0.409. The lowest BCUT2D eigenvalue weighted by atomic mass is 9.92. The van der Waals surface area contributed by atoms with Crippen LogP contribution in [0.1, 0.15) is 29.7 Å². The lowest BCUT2D eigenvalue weighted by Gasteiger charge is -2.48. The summed E-state index contributed by atoms with van der Waals surface area (Å²) < 4.78 is 5.28. The molecule has 1 saturated heterocycles. The molecule has 1 fully saturated rings. The van der Waals surface area contributed by atoms with Crippen LogP contribution in [0.2, 0.25) is 5.02 Å². The summed E-state index contributed by atoms with van der Waals surface area (Å²) in [5.41, 5.74) is 13.1. The summed E-state index contributed by atoms with van der Waals surface area (Å²) in [5.74, 6) is 0. The number of aryl methyl sites for hydroxylation is 2. The van der Waals surface area contributed by atoms with E-state index in [2.05, 4.69) is 14.9 Å². The van der Waals surface area contributed by atoms with Gasteiger partial charge >= 0.3 is 6.09 Å². The van der Waals surface area contributed by atoms with Crippen molar-refractivity contribution in [3.8, 4) is 0 Å². The highest BCUT2D eigenvalue weighted by atomic mass is 35.5. The minimum absolute atomic E-state index is 0.133. The van der Waals surface area contributed by atoms with Crippen molar-refractivity contribution in [2.24, 2.45) is 5.11 Å². The molecular weight excluding hydrogens is 402 g/mol. The van der Waals surface area contributed by atoms with Gasteiger partial charge in [0.1, 0.15) is 0 Å². The number of amides is 1. The molecule has 2 unspecified atom stereocenters. The summed E-state index contributed by atoms with van der Waals surface area (Å²) >= 11 is 6.61. The predicted molar refractivity (Wildman–Crippen MR) is 119 cm³/mol. The van der Waals surface area contributed by atoms with Crippen molar-refractivity contribution >= 4 is 23.4 Å². The summed E-state index contributed by atoms with van der Waals surface area (Å²) in [7, 11) is 0. The van der Waals surface area contributed by atoms with Gasteiger partial charge in [0, 0.05) is 24.5 Å². The van der Waals surface area contributed by atoms with Crippen molar-refractivity contribution in [3.63, 3.8) is 0 Å². The molecule has 8 heteroatoms. The second-order valence-electron chi connectivity index (χ2n) is 7.38. The van der Waals surface area contributed by atoms with Gasteiger partial charge in [0.2, 0.25) is 0 Å². The number of benzene rings is 2. The molecule has 1 heterocycles. The van der Waals surface area contributed by atoms with E-state index in [0.29, 0.717) is 18.1 Å². The standard InChI is InChI=1S/C22H26ClN5O2/c1-4-30-22(29)28-12-11-27(19-10-7-16(3)13-18(19)23)21(20(28)14-25-26-24)17-8-5-15(2)6-9-17/h5-10,13,20-21H,4,11-12,14H2,1-3H3. The zero-order valence-corrected chi connectivity index (χ0v) is 18.2. The van der Waals surface area contributed by atoms with Crippen LogP contribution in [0.15, 0.2) is 47.6 Å². The summed E-state index contributed by atoms with van der Waals surface area (Å²) in [4.78, 5) is 19.5. The smallest absolute Gasteiger partial charge is 0.410 e. The Morgan fingerprint density at radius 3 is 2.53 bits per heavy atom. The van der Waals surface area contributed by atoms with Gasteiger partial charge in [-0.2, -0.15) is 0 Å². The molecular formula is C22H26ClN5O2. The number of halogens is 1. The molecule has 0 spiro atoms. The summed E-state index contributed by atoms with van der Waals surface area (Å²) in [5, 5.41) is 4.47. The van der Waals surface area contributed by atoms with E-state index in [4.69, 9.17) is 21.9 Å². The van der Waals surface area contributed by atoms with Crippen LogP contribution in [0.5, 0.6) is 0 Å². The molecule has 7 nitrogen and oxygen atoms in total. The number of carbonyl (C=O) groups excluding carboxylic acids is 1. The molecule has 1 amide bonds. The van der Waals surface area contributed by atoms with Crippen molar-refractivity contribution in [3.05, 3.63) is 74.6 Å². The molecule has 0 saturated carbocycles. The molecule has 1 aliphatic rings. The van der Waals surface area contributed by atoms with E-state index in [1.165, 1.54) is 0 Å². The maximum absolute atomic E-state index is 12.7. The van der Waals surface area contributed by atoms with Crippen LogP contribution in [-0.2, 0) is 4.74 Å². The van der Waals surface area contributed by atoms with E-state index in [9.17, 15) is 4.79 Å². The third-order valence-corrected chi connectivity index (χ3v) is 5.65. The van der Waals surface area contributed by atoms with Gasteiger partial charge in [-0.15, -0.1) is 0 Å². The summed E-state index contributed by atoms with van der Waals surface area (Å²) in [6, 6.07) is 13.5. The number of hydrogen-bond donors (Lipinski definition) is 0. The number of azide groups is 1. The average Bonchev–Trinajstić information content (AvgIpc) is 2.72. The van der Waals surface area contributed by atoms with Crippen LogP contribution < -0.4 is 4.90 Å². The molecule has 0 aromatic heterocycles. The van der Waals surface area contributed by atoms with Gasteiger partial charge in [-0.05, 0) is 49.6 Å². The van der Waals surface area contributed by atoms with Crippen molar-refractivity contribution in [2.75, 3.05) is 31.1 Å². The number of anilines is 1. The first kappa shape index (κ1) is 21.8. The van der Waals surface area contributed by atoms with Gasteiger partial charge in [-0.1, -0.05) is 52.6 Å². The second-order valence-corrected chi connectivity index (χ2v) is 7.78. The molecule has 0 radical (unpaired) electrons. The van der Waals surface area contributed by atoms with Crippen LogP contribution in [0.3, 0.4) is 0 Å². The normalized spacial score (nSPS) is 18.7. The minimum atomic E-state index is -0.401. The lowest BCUT2D eigenvalue weighted by Crippen LogP contribution is -2.58. The minimum Gasteiger partial charge on any atom is -0.450 e. The van der Waals surface area contributed by atoms with E-state index < -0.39 is 12.1 Å². The van der Waals surface area contributed by atoms with Crippen molar-refractivity contribution in [2.45, 2.75) is 32.9 Å². The molecule has 1 aliphatic heterocycles. The molecule has 0 bridgehead atoms. The highest BCUT2D eigenvalue weighted by Gasteiger charge is 2.40. The van der Waals surface area contributed by atoms with Crippen molar-refractivity contribution < 1.29 is 9.53 Å². The van der Waals surface area contributed by atoms with Crippen LogP contribution in [0.25, 0.3) is 10.4 Å². The Morgan fingerprint density at radius 1 is 1.20 bits per heavy atom. The Labute approximate surface area is 181 Å². The Balaban J connectivity index is 2.11. The Bertz CT molecular complexity index is 943. The fourth-order valence-corrected chi connectivity index (χ4v) is 4.27. The predicted octanol–water partition coefficient (Wildman–Crippen LogP) is 5.66. The summed E-state index contributed by atoms with van der Waals surface area (Å²) in [6.45, 7) is 7.24. The number of hydrogen-bond acceptors (Lipinski definition) is 4. The van der Waals surface area contributed by atoms with E-state index in [1.54, 1.807) is 11.8 Å². The maximum atomic E-state index is 12.7. The van der Waals surface area contributed by atoms with Crippen LogP contribution in [0.4, 0.5) is 10.5 Å². The third kappa shape index (κ3) is 4.64. The van der Waals surface area contributed by atoms with Gasteiger partial charge in [0.25, 0.3) is 0 Å². The maximum Gasteiger partial charge on any atom is 0.410 e. The van der Waals surface area contributed by atoms with Crippen molar-refractivity contribution in [1.29, 1.82) is 0 Å². The first-order valence-electron chi connectivity index (χ1n) is 9.99. The molecule has 0 aliphatic carbocycles. The highest BCUT2D eigenvalue weighted by molar-refractivity contribution is 6.33. The largest absolute Gasteiger partial charge is 0.450 e. The number of rotatable bonds is 5. The molecule has 0 N–H and O–H groups in total. The molecule has 2 aromatic rings. The van der Waals surface area contributed by atoms with E-state index >= 15 is 0 Å². The molecule has 158 valence electrons. The van der Waals surface area contributed by atoms with Crippen LogP contribution >= 0.6 is 11.6 Å². The molecule has 3 rings (SSSR count). The first-order valence-corrected chi connectivity index (χ1v) is 10.4. The lowest BCUT2D eigenvalue weighted by molar-refractivity contribution is 0.0763. The Kier molecular flexibility index (Phi) is 7.08. The topological polar surface area (TPSA) is 81.5 Å².